The summed E-state index contributed by atoms with van der Waals surface area (Å²) >= 11 is 0. The van der Waals surface area contributed by atoms with Crippen LogP contribution in [0.2, 0.25) is 0 Å². The summed E-state index contributed by atoms with van der Waals surface area (Å²) < 4.78 is 0. The molecule has 5 rings (SSSR count). The maximum absolute atomic E-state index is 12.7. The topological polar surface area (TPSA) is 17.1 Å². The Morgan fingerprint density at radius 3 is 2.81 bits per heavy atom. The van der Waals surface area contributed by atoms with E-state index in [-0.39, 0.29) is 5.41 Å². The van der Waals surface area contributed by atoms with Crippen molar-refractivity contribution in [1.82, 2.24) is 0 Å². The van der Waals surface area contributed by atoms with Crippen LogP contribution < -0.4 is 0 Å². The van der Waals surface area contributed by atoms with E-state index >= 15 is 0 Å². The van der Waals surface area contributed by atoms with Crippen molar-refractivity contribution in [3.63, 3.8) is 0 Å². The first-order valence-corrected chi connectivity index (χ1v) is 9.29. The molecule has 0 aromatic heterocycles. The van der Waals surface area contributed by atoms with Gasteiger partial charge < -0.3 is 0 Å². The Bertz CT molecular complexity index is 546. The molecule has 0 unspecified atom stereocenters. The Hall–Kier alpha value is -0.590. The maximum Gasteiger partial charge on any atom is 0.142 e. The fourth-order valence-electron chi connectivity index (χ4n) is 7.42. The van der Waals surface area contributed by atoms with Gasteiger partial charge in [0, 0.05) is 11.3 Å². The average Bonchev–Trinajstić information content (AvgIpc) is 3.21. The van der Waals surface area contributed by atoms with Crippen LogP contribution in [0, 0.1) is 40.4 Å². The predicted molar refractivity (Wildman–Crippen MR) is 83.7 cm³/mol. The van der Waals surface area contributed by atoms with Gasteiger partial charge in [-0.3, -0.25) is 4.79 Å². The van der Waals surface area contributed by atoms with Crippen molar-refractivity contribution in [2.45, 2.75) is 65.2 Å². The second-order valence-electron chi connectivity index (χ2n) is 9.20. The van der Waals surface area contributed by atoms with Gasteiger partial charge in [0.2, 0.25) is 0 Å². The quantitative estimate of drug-likeness (QED) is 0.586. The summed E-state index contributed by atoms with van der Waals surface area (Å²) in [5.74, 6) is 4.40. The fraction of sp³-hybridized carbons (Fsp3) is 0.850. The summed E-state index contributed by atoms with van der Waals surface area (Å²) in [4.78, 5) is 12.7. The number of hydrogen-bond donors (Lipinski definition) is 0. The molecule has 7 atom stereocenters. The lowest BCUT2D eigenvalue weighted by Crippen LogP contribution is -2.51. The Morgan fingerprint density at radius 2 is 1.95 bits per heavy atom. The van der Waals surface area contributed by atoms with Gasteiger partial charge in [0.25, 0.3) is 0 Å². The van der Waals surface area contributed by atoms with Crippen LogP contribution in [0.3, 0.4) is 0 Å². The van der Waals surface area contributed by atoms with Crippen molar-refractivity contribution in [2.24, 2.45) is 40.4 Å². The Morgan fingerprint density at radius 1 is 1.10 bits per heavy atom. The smallest absolute Gasteiger partial charge is 0.142 e. The summed E-state index contributed by atoms with van der Waals surface area (Å²) in [6, 6.07) is 0. The third kappa shape index (κ3) is 1.42. The molecule has 0 amide bonds. The van der Waals surface area contributed by atoms with Crippen molar-refractivity contribution in [2.75, 3.05) is 0 Å². The molecule has 0 spiro atoms. The van der Waals surface area contributed by atoms with Crippen molar-refractivity contribution >= 4 is 5.78 Å². The molecule has 5 aliphatic carbocycles. The second-order valence-corrected chi connectivity index (χ2v) is 9.20. The van der Waals surface area contributed by atoms with Gasteiger partial charge in [-0.2, -0.15) is 0 Å². The summed E-state index contributed by atoms with van der Waals surface area (Å²) in [5.41, 5.74) is 2.34. The SMILES string of the molecule is C[C@]12CCCC=C1CC[C@H]1[C@@H]3[C@@H]4C[C@@H]4C(=O)[C@@]3(C)CC[C@@H]12. The molecule has 0 bridgehead atoms. The van der Waals surface area contributed by atoms with E-state index in [2.05, 4.69) is 19.9 Å². The summed E-state index contributed by atoms with van der Waals surface area (Å²) in [7, 11) is 0. The second kappa shape index (κ2) is 3.84. The molecule has 0 saturated heterocycles. The Kier molecular flexibility index (Phi) is 2.36. The van der Waals surface area contributed by atoms with Crippen molar-refractivity contribution in [3.05, 3.63) is 11.6 Å². The molecule has 1 heteroatoms. The largest absolute Gasteiger partial charge is 0.299 e. The molecule has 0 aliphatic heterocycles. The molecule has 0 aromatic rings. The third-order valence-electron chi connectivity index (χ3n) is 8.48. The Balaban J connectivity index is 1.55. The first kappa shape index (κ1) is 12.9. The minimum Gasteiger partial charge on any atom is -0.299 e. The normalized spacial score (nSPS) is 57.7. The number of carbonyl (C=O) groups excluding carboxylic acids is 1. The molecule has 4 fully saturated rings. The molecule has 5 aliphatic rings. The van der Waals surface area contributed by atoms with Crippen LogP contribution in [0.15, 0.2) is 11.6 Å². The molecule has 1 nitrogen and oxygen atoms in total. The highest BCUT2D eigenvalue weighted by Crippen LogP contribution is 2.72. The van der Waals surface area contributed by atoms with Gasteiger partial charge in [0.15, 0.2) is 0 Å². The van der Waals surface area contributed by atoms with Gasteiger partial charge in [-0.1, -0.05) is 25.5 Å². The van der Waals surface area contributed by atoms with E-state index < -0.39 is 0 Å². The molecular weight excluding hydrogens is 256 g/mol. The van der Waals surface area contributed by atoms with Crippen molar-refractivity contribution in [1.29, 1.82) is 0 Å². The van der Waals surface area contributed by atoms with Crippen LogP contribution >= 0.6 is 0 Å². The van der Waals surface area contributed by atoms with Gasteiger partial charge in [-0.05, 0) is 80.5 Å². The molecule has 4 saturated carbocycles. The summed E-state index contributed by atoms with van der Waals surface area (Å²) in [6.07, 6.45) is 13.1. The fourth-order valence-corrected chi connectivity index (χ4v) is 7.42. The zero-order chi connectivity index (χ0) is 14.4. The monoisotopic (exact) mass is 284 g/mol. The summed E-state index contributed by atoms with van der Waals surface area (Å²) in [5, 5.41) is 0. The lowest BCUT2D eigenvalue weighted by molar-refractivity contribution is -0.136. The molecule has 0 aromatic carbocycles. The van der Waals surface area contributed by atoms with Crippen molar-refractivity contribution < 1.29 is 4.79 Å². The number of allylic oxidation sites excluding steroid dienone is 2. The number of carbonyl (C=O) groups is 1. The molecule has 114 valence electrons. The van der Waals surface area contributed by atoms with E-state index in [0.29, 0.717) is 17.1 Å². The number of Topliss-reactive ketones (excluding diaryl/α,β-unsaturated/α-hetero) is 1. The molecule has 21 heavy (non-hydrogen) atoms. The van der Waals surface area contributed by atoms with Gasteiger partial charge in [-0.25, -0.2) is 0 Å². The molecule has 0 radical (unpaired) electrons. The van der Waals surface area contributed by atoms with E-state index in [1.165, 1.54) is 51.4 Å². The minimum absolute atomic E-state index is 0.0704. The van der Waals surface area contributed by atoms with Crippen LogP contribution in [0.25, 0.3) is 0 Å². The van der Waals surface area contributed by atoms with Crippen LogP contribution in [0.5, 0.6) is 0 Å². The number of fused-ring (bicyclic) bond motifs is 7. The highest BCUT2D eigenvalue weighted by Gasteiger charge is 2.70. The van der Waals surface area contributed by atoms with Crippen LogP contribution in [-0.4, -0.2) is 5.78 Å². The highest BCUT2D eigenvalue weighted by atomic mass is 16.1. The minimum atomic E-state index is 0.0704. The molecular formula is C20H28O. The van der Waals surface area contributed by atoms with Crippen molar-refractivity contribution in [3.8, 4) is 0 Å². The Labute approximate surface area is 128 Å². The standard InChI is InChI=1S/C20H28O/c1-19-9-4-3-5-12(19)6-7-13-16(19)8-10-20(2)17(13)14-11-15(14)18(20)21/h5,13-17H,3-4,6-11H2,1-2H3/t13-,14-,15+,16+,17-,19+,20+/m1/s1. The van der Waals surface area contributed by atoms with Crippen LogP contribution in [-0.2, 0) is 4.79 Å². The van der Waals surface area contributed by atoms with E-state index in [9.17, 15) is 4.79 Å². The van der Waals surface area contributed by atoms with Crippen LogP contribution in [0.1, 0.15) is 65.2 Å². The third-order valence-corrected chi connectivity index (χ3v) is 8.48. The zero-order valence-corrected chi connectivity index (χ0v) is 13.5. The number of ketones is 1. The maximum atomic E-state index is 12.7. The first-order valence-electron chi connectivity index (χ1n) is 9.29. The molecule has 0 N–H and O–H groups in total. The average molecular weight is 284 g/mol. The van der Waals surface area contributed by atoms with Gasteiger partial charge in [0.1, 0.15) is 5.78 Å². The van der Waals surface area contributed by atoms with E-state index in [4.69, 9.17) is 0 Å². The van der Waals surface area contributed by atoms with E-state index in [0.717, 1.165) is 23.7 Å². The zero-order valence-electron chi connectivity index (χ0n) is 13.5. The van der Waals surface area contributed by atoms with E-state index in [1.807, 2.05) is 0 Å². The lowest BCUT2D eigenvalue weighted by atomic mass is 9.47. The number of hydrogen-bond acceptors (Lipinski definition) is 1. The lowest BCUT2D eigenvalue weighted by Gasteiger charge is -2.57. The molecule has 0 heterocycles. The number of rotatable bonds is 0. The van der Waals surface area contributed by atoms with Gasteiger partial charge in [-0.15, -0.1) is 0 Å². The summed E-state index contributed by atoms with van der Waals surface area (Å²) in [6.45, 7) is 4.90. The highest BCUT2D eigenvalue weighted by molar-refractivity contribution is 5.92. The van der Waals surface area contributed by atoms with Gasteiger partial charge >= 0.3 is 0 Å². The first-order chi connectivity index (χ1) is 10.1. The van der Waals surface area contributed by atoms with Gasteiger partial charge in [0.05, 0.1) is 0 Å². The van der Waals surface area contributed by atoms with E-state index in [1.54, 1.807) is 5.57 Å². The predicted octanol–water partition coefficient (Wildman–Crippen LogP) is 4.76. The van der Waals surface area contributed by atoms with Crippen LogP contribution in [0.4, 0.5) is 0 Å².